The Morgan fingerprint density at radius 2 is 2.33 bits per heavy atom. The number of hydrogen-bond acceptors (Lipinski definition) is 5. The van der Waals surface area contributed by atoms with Crippen LogP contribution in [0.4, 0.5) is 0 Å². The summed E-state index contributed by atoms with van der Waals surface area (Å²) in [7, 11) is 1.92. The van der Waals surface area contributed by atoms with E-state index in [1.54, 1.807) is 24.3 Å². The van der Waals surface area contributed by atoms with E-state index in [-0.39, 0.29) is 0 Å². The highest BCUT2D eigenvalue weighted by Gasteiger charge is 2.11. The molecule has 3 aromatic rings. The maximum atomic E-state index is 4.47. The smallest absolute Gasteiger partial charge is 0.234 e. The minimum Gasteiger partial charge on any atom is -0.312 e. The van der Waals surface area contributed by atoms with Crippen LogP contribution in [-0.2, 0) is 12.8 Å². The summed E-state index contributed by atoms with van der Waals surface area (Å²) >= 11 is 5.13. The van der Waals surface area contributed by atoms with Crippen LogP contribution in [0.1, 0.15) is 5.69 Å². The predicted molar refractivity (Wildman–Crippen MR) is 71.3 cm³/mol. The van der Waals surface area contributed by atoms with E-state index in [9.17, 15) is 0 Å². The Bertz CT molecular complexity index is 691. The van der Waals surface area contributed by atoms with Crippen LogP contribution in [0.15, 0.2) is 34.5 Å². The lowest BCUT2D eigenvalue weighted by atomic mass is 10.6. The first-order chi connectivity index (χ1) is 8.75. The zero-order chi connectivity index (χ0) is 12.5. The van der Waals surface area contributed by atoms with Crippen molar-refractivity contribution < 1.29 is 0 Å². The fourth-order valence-corrected chi connectivity index (χ4v) is 3.05. The van der Waals surface area contributed by atoms with Gasteiger partial charge < -0.3 is 4.57 Å². The van der Waals surface area contributed by atoms with Gasteiger partial charge in [0.05, 0.1) is 5.69 Å². The third kappa shape index (κ3) is 2.01. The van der Waals surface area contributed by atoms with Gasteiger partial charge in [-0.1, -0.05) is 11.8 Å². The highest BCUT2D eigenvalue weighted by molar-refractivity contribution is 9.10. The molecule has 0 radical (unpaired) electrons. The molecule has 18 heavy (non-hydrogen) atoms. The Morgan fingerprint density at radius 1 is 1.44 bits per heavy atom. The lowest BCUT2D eigenvalue weighted by Gasteiger charge is -1.98. The summed E-state index contributed by atoms with van der Waals surface area (Å²) in [6.45, 7) is 0. The molecule has 0 atom stereocenters. The second-order valence-corrected chi connectivity index (χ2v) is 5.35. The maximum absolute atomic E-state index is 4.47. The lowest BCUT2D eigenvalue weighted by Crippen LogP contribution is -1.90. The number of hydrogen-bond donors (Lipinski definition) is 0. The normalized spacial score (nSPS) is 11.2. The molecule has 3 heterocycles. The molecule has 6 nitrogen and oxygen atoms in total. The summed E-state index contributed by atoms with van der Waals surface area (Å²) < 4.78 is 4.72. The van der Waals surface area contributed by atoms with Gasteiger partial charge in [0.1, 0.15) is 10.9 Å². The van der Waals surface area contributed by atoms with Crippen molar-refractivity contribution >= 4 is 33.5 Å². The average Bonchev–Trinajstić information content (AvgIpc) is 2.92. The fourth-order valence-electron chi connectivity index (χ4n) is 1.53. The van der Waals surface area contributed by atoms with Crippen molar-refractivity contribution in [2.75, 3.05) is 0 Å². The molecule has 8 heteroatoms. The quantitative estimate of drug-likeness (QED) is 0.689. The van der Waals surface area contributed by atoms with Crippen molar-refractivity contribution in [1.82, 2.24) is 29.1 Å². The van der Waals surface area contributed by atoms with Crippen LogP contribution in [0.25, 0.3) is 5.78 Å². The van der Waals surface area contributed by atoms with Crippen molar-refractivity contribution in [1.29, 1.82) is 0 Å². The molecular formula is C10H9BrN6S. The predicted octanol–water partition coefficient (Wildman–Crippen LogP) is 1.91. The van der Waals surface area contributed by atoms with Crippen molar-refractivity contribution in [3.8, 4) is 0 Å². The van der Waals surface area contributed by atoms with Gasteiger partial charge in [-0.25, -0.2) is 9.97 Å². The molecule has 0 fully saturated rings. The number of thioether (sulfide) groups is 1. The van der Waals surface area contributed by atoms with E-state index in [2.05, 4.69) is 36.1 Å². The molecule has 0 saturated heterocycles. The third-order valence-electron chi connectivity index (χ3n) is 2.42. The Balaban J connectivity index is 1.87. The van der Waals surface area contributed by atoms with Gasteiger partial charge >= 0.3 is 0 Å². The Labute approximate surface area is 116 Å². The van der Waals surface area contributed by atoms with Crippen LogP contribution in [0.5, 0.6) is 0 Å². The molecule has 0 aliphatic heterocycles. The third-order valence-corrected chi connectivity index (χ3v) is 4.30. The van der Waals surface area contributed by atoms with E-state index in [1.165, 1.54) is 0 Å². The molecule has 0 saturated carbocycles. The second kappa shape index (κ2) is 4.69. The van der Waals surface area contributed by atoms with Crippen molar-refractivity contribution in [2.45, 2.75) is 10.9 Å². The molecule has 3 rings (SSSR count). The minimum absolute atomic E-state index is 0.693. The van der Waals surface area contributed by atoms with E-state index in [1.807, 2.05) is 28.3 Å². The highest BCUT2D eigenvalue weighted by Crippen LogP contribution is 2.25. The number of fused-ring (bicyclic) bond motifs is 1. The maximum Gasteiger partial charge on any atom is 0.234 e. The van der Waals surface area contributed by atoms with Gasteiger partial charge in [-0.15, -0.1) is 10.2 Å². The van der Waals surface area contributed by atoms with Gasteiger partial charge in [0, 0.05) is 25.2 Å². The van der Waals surface area contributed by atoms with Gasteiger partial charge in [-0.3, -0.25) is 4.40 Å². The summed E-state index contributed by atoms with van der Waals surface area (Å²) in [5, 5.41) is 8.73. The molecule has 0 amide bonds. The standard InChI is InChI=1S/C10H9BrN6S/c1-16-6-13-15-10(16)18-5-7-8(11)17-4-2-3-12-9(17)14-7/h2-4,6H,5H2,1H3. The van der Waals surface area contributed by atoms with Crippen molar-refractivity contribution in [3.05, 3.63) is 35.1 Å². The number of halogens is 1. The summed E-state index contributed by atoms with van der Waals surface area (Å²) in [5.74, 6) is 1.41. The lowest BCUT2D eigenvalue weighted by molar-refractivity contribution is 0.788. The van der Waals surface area contributed by atoms with E-state index in [0.717, 1.165) is 21.2 Å². The molecule has 0 aliphatic carbocycles. The molecule has 0 aromatic carbocycles. The molecule has 0 unspecified atom stereocenters. The molecule has 92 valence electrons. The summed E-state index contributed by atoms with van der Waals surface area (Å²) in [4.78, 5) is 8.67. The number of rotatable bonds is 3. The first-order valence-electron chi connectivity index (χ1n) is 5.20. The topological polar surface area (TPSA) is 60.9 Å². The molecule has 0 spiro atoms. The Hall–Kier alpha value is -1.41. The number of aromatic nitrogens is 6. The van der Waals surface area contributed by atoms with Crippen molar-refractivity contribution in [3.63, 3.8) is 0 Å². The van der Waals surface area contributed by atoms with Gasteiger partial charge in [0.25, 0.3) is 0 Å². The van der Waals surface area contributed by atoms with Gasteiger partial charge in [0.15, 0.2) is 5.16 Å². The Kier molecular flexibility index (Phi) is 3.04. The van der Waals surface area contributed by atoms with Crippen LogP contribution >= 0.6 is 27.7 Å². The van der Waals surface area contributed by atoms with E-state index >= 15 is 0 Å². The second-order valence-electron chi connectivity index (χ2n) is 3.65. The molecule has 3 aromatic heterocycles. The van der Waals surface area contributed by atoms with Gasteiger partial charge in [-0.2, -0.15) is 0 Å². The number of imidazole rings is 1. The zero-order valence-corrected chi connectivity index (χ0v) is 11.9. The molecule has 0 N–H and O–H groups in total. The molecular weight excluding hydrogens is 316 g/mol. The highest BCUT2D eigenvalue weighted by atomic mass is 79.9. The van der Waals surface area contributed by atoms with E-state index < -0.39 is 0 Å². The number of aryl methyl sites for hydroxylation is 1. The average molecular weight is 325 g/mol. The van der Waals surface area contributed by atoms with E-state index in [0.29, 0.717) is 5.78 Å². The van der Waals surface area contributed by atoms with Crippen LogP contribution in [-0.4, -0.2) is 29.1 Å². The fraction of sp³-hybridized carbons (Fsp3) is 0.200. The SMILES string of the molecule is Cn1cnnc1SCc1nc2ncccn2c1Br. The minimum atomic E-state index is 0.693. The monoisotopic (exact) mass is 324 g/mol. The zero-order valence-electron chi connectivity index (χ0n) is 9.49. The van der Waals surface area contributed by atoms with Crippen LogP contribution < -0.4 is 0 Å². The van der Waals surface area contributed by atoms with Crippen LogP contribution in [0.2, 0.25) is 0 Å². The van der Waals surface area contributed by atoms with Gasteiger partial charge in [0.2, 0.25) is 5.78 Å². The molecule has 0 bridgehead atoms. The summed E-state index contributed by atoms with van der Waals surface area (Å²) in [6, 6.07) is 1.87. The first kappa shape index (κ1) is 11.7. The van der Waals surface area contributed by atoms with Crippen LogP contribution in [0.3, 0.4) is 0 Å². The largest absolute Gasteiger partial charge is 0.312 e. The van der Waals surface area contributed by atoms with Crippen molar-refractivity contribution in [2.24, 2.45) is 7.05 Å². The number of nitrogens with zero attached hydrogens (tertiary/aromatic N) is 6. The van der Waals surface area contributed by atoms with Crippen LogP contribution in [0, 0.1) is 0 Å². The summed E-state index contributed by atoms with van der Waals surface area (Å²) in [5.41, 5.74) is 0.946. The Morgan fingerprint density at radius 3 is 3.06 bits per heavy atom. The molecule has 0 aliphatic rings. The van der Waals surface area contributed by atoms with E-state index in [4.69, 9.17) is 0 Å². The first-order valence-corrected chi connectivity index (χ1v) is 6.98. The summed E-state index contributed by atoms with van der Waals surface area (Å²) in [6.07, 6.45) is 5.34. The van der Waals surface area contributed by atoms with Gasteiger partial charge in [-0.05, 0) is 22.0 Å².